The van der Waals surface area contributed by atoms with Gasteiger partial charge in [-0.05, 0) is 17.7 Å². The Bertz CT molecular complexity index is 497. The lowest BCUT2D eigenvalue weighted by Gasteiger charge is -2.07. The van der Waals surface area contributed by atoms with Crippen molar-refractivity contribution < 1.29 is 9.84 Å². The van der Waals surface area contributed by atoms with Crippen LogP contribution in [0.3, 0.4) is 0 Å². The molecule has 2 aromatic rings. The maximum atomic E-state index is 9.19. The molecular formula is C11H11N3O2. The molecule has 3 N–H and O–H groups in total. The van der Waals surface area contributed by atoms with E-state index in [-0.39, 0.29) is 5.75 Å². The average Bonchev–Trinajstić information content (AvgIpc) is 2.31. The van der Waals surface area contributed by atoms with Gasteiger partial charge >= 0.3 is 0 Å². The lowest BCUT2D eigenvalue weighted by atomic mass is 10.1. The van der Waals surface area contributed by atoms with E-state index in [2.05, 4.69) is 10.2 Å². The summed E-state index contributed by atoms with van der Waals surface area (Å²) in [6.07, 6.45) is 1.56. The van der Waals surface area contributed by atoms with Crippen molar-refractivity contribution in [1.29, 1.82) is 0 Å². The molecule has 5 nitrogen and oxygen atoms in total. The van der Waals surface area contributed by atoms with Gasteiger partial charge in [-0.2, -0.15) is 5.10 Å². The SMILES string of the molecule is COc1nncc(-c2ccc(O)cc2)c1N. The van der Waals surface area contributed by atoms with Crippen LogP contribution in [0.4, 0.5) is 5.69 Å². The zero-order valence-electron chi connectivity index (χ0n) is 8.71. The molecule has 5 heteroatoms. The fourth-order valence-corrected chi connectivity index (χ4v) is 1.40. The molecule has 16 heavy (non-hydrogen) atoms. The average molecular weight is 217 g/mol. The molecule has 2 rings (SSSR count). The number of nitrogens with two attached hydrogens (primary N) is 1. The maximum absolute atomic E-state index is 9.19. The van der Waals surface area contributed by atoms with Crippen LogP contribution in [0.1, 0.15) is 0 Å². The van der Waals surface area contributed by atoms with Crippen molar-refractivity contribution in [3.05, 3.63) is 30.5 Å². The molecule has 1 aromatic heterocycles. The summed E-state index contributed by atoms with van der Waals surface area (Å²) in [5, 5.41) is 16.7. The summed E-state index contributed by atoms with van der Waals surface area (Å²) in [7, 11) is 1.49. The van der Waals surface area contributed by atoms with Crippen molar-refractivity contribution in [2.75, 3.05) is 12.8 Å². The molecule has 0 saturated carbocycles. The first kappa shape index (κ1) is 10.2. The number of hydrogen-bond acceptors (Lipinski definition) is 5. The van der Waals surface area contributed by atoms with Crippen LogP contribution < -0.4 is 10.5 Å². The molecule has 1 heterocycles. The molecule has 0 aliphatic carbocycles. The monoisotopic (exact) mass is 217 g/mol. The van der Waals surface area contributed by atoms with Crippen LogP contribution in [0.25, 0.3) is 11.1 Å². The summed E-state index contributed by atoms with van der Waals surface area (Å²) >= 11 is 0. The second-order valence-electron chi connectivity index (χ2n) is 3.23. The Morgan fingerprint density at radius 2 is 1.94 bits per heavy atom. The molecule has 0 fully saturated rings. The van der Waals surface area contributed by atoms with Crippen LogP contribution in [0.5, 0.6) is 11.6 Å². The first-order valence-corrected chi connectivity index (χ1v) is 4.67. The topological polar surface area (TPSA) is 81.3 Å². The molecule has 0 saturated heterocycles. The second-order valence-corrected chi connectivity index (χ2v) is 3.23. The minimum absolute atomic E-state index is 0.205. The van der Waals surface area contributed by atoms with Gasteiger partial charge in [0.15, 0.2) is 0 Å². The van der Waals surface area contributed by atoms with Gasteiger partial charge in [0.05, 0.1) is 13.3 Å². The summed E-state index contributed by atoms with van der Waals surface area (Å²) in [5.41, 5.74) is 7.89. The first-order valence-electron chi connectivity index (χ1n) is 4.67. The van der Waals surface area contributed by atoms with E-state index >= 15 is 0 Å². The number of hydrogen-bond donors (Lipinski definition) is 2. The van der Waals surface area contributed by atoms with Gasteiger partial charge in [-0.25, -0.2) is 0 Å². The Morgan fingerprint density at radius 1 is 1.25 bits per heavy atom. The number of phenolic OH excluding ortho intramolecular Hbond substituents is 1. The van der Waals surface area contributed by atoms with Crippen molar-refractivity contribution in [2.24, 2.45) is 0 Å². The Kier molecular flexibility index (Phi) is 2.59. The van der Waals surface area contributed by atoms with Crippen LogP contribution in [0.2, 0.25) is 0 Å². The minimum atomic E-state index is 0.205. The number of methoxy groups -OCH3 is 1. The highest BCUT2D eigenvalue weighted by molar-refractivity contribution is 5.78. The van der Waals surface area contributed by atoms with Gasteiger partial charge in [0.2, 0.25) is 0 Å². The lowest BCUT2D eigenvalue weighted by molar-refractivity contribution is 0.394. The fourth-order valence-electron chi connectivity index (χ4n) is 1.40. The smallest absolute Gasteiger partial charge is 0.257 e. The molecule has 0 radical (unpaired) electrons. The second kappa shape index (κ2) is 4.06. The van der Waals surface area contributed by atoms with Crippen LogP contribution in [-0.2, 0) is 0 Å². The summed E-state index contributed by atoms with van der Waals surface area (Å²) in [4.78, 5) is 0. The van der Waals surface area contributed by atoms with E-state index in [9.17, 15) is 5.11 Å². The van der Waals surface area contributed by atoms with Gasteiger partial charge in [-0.1, -0.05) is 12.1 Å². The van der Waals surface area contributed by atoms with Gasteiger partial charge in [0, 0.05) is 5.56 Å². The van der Waals surface area contributed by atoms with Crippen molar-refractivity contribution >= 4 is 5.69 Å². The summed E-state index contributed by atoms with van der Waals surface area (Å²) in [6, 6.07) is 6.67. The van der Waals surface area contributed by atoms with E-state index in [1.54, 1.807) is 30.5 Å². The number of benzene rings is 1. The summed E-state index contributed by atoms with van der Waals surface area (Å²) in [5.74, 6) is 0.502. The maximum Gasteiger partial charge on any atom is 0.257 e. The zero-order chi connectivity index (χ0) is 11.5. The predicted octanol–water partition coefficient (Wildman–Crippen LogP) is 1.44. The molecule has 0 amide bonds. The third-order valence-corrected chi connectivity index (χ3v) is 2.23. The summed E-state index contributed by atoms with van der Waals surface area (Å²) in [6.45, 7) is 0. The number of aromatic hydroxyl groups is 1. The van der Waals surface area contributed by atoms with Gasteiger partial charge in [-0.3, -0.25) is 0 Å². The standard InChI is InChI=1S/C11H11N3O2/c1-16-11-10(12)9(6-13-14-11)7-2-4-8(15)5-3-7/h2-6,15H,1H3,(H2,12,13). The van der Waals surface area contributed by atoms with Crippen LogP contribution in [0, 0.1) is 0 Å². The molecule has 82 valence electrons. The number of rotatable bonds is 2. The quantitative estimate of drug-likeness (QED) is 0.795. The number of nitrogen functional groups attached to an aromatic ring is 1. The lowest BCUT2D eigenvalue weighted by Crippen LogP contribution is -1.99. The van der Waals surface area contributed by atoms with E-state index in [0.29, 0.717) is 11.6 Å². The number of anilines is 1. The van der Waals surface area contributed by atoms with Crippen LogP contribution in [-0.4, -0.2) is 22.4 Å². The highest BCUT2D eigenvalue weighted by atomic mass is 16.5. The number of aromatic nitrogens is 2. The van der Waals surface area contributed by atoms with E-state index in [0.717, 1.165) is 11.1 Å². The molecule has 0 bridgehead atoms. The van der Waals surface area contributed by atoms with Gasteiger partial charge in [0.1, 0.15) is 11.4 Å². The molecule has 1 aromatic carbocycles. The Labute approximate surface area is 92.5 Å². The third kappa shape index (κ3) is 1.75. The van der Waals surface area contributed by atoms with E-state index in [1.165, 1.54) is 7.11 Å². The van der Waals surface area contributed by atoms with Gasteiger partial charge in [0.25, 0.3) is 5.88 Å². The number of phenols is 1. The highest BCUT2D eigenvalue weighted by Gasteiger charge is 2.09. The van der Waals surface area contributed by atoms with Gasteiger partial charge in [-0.15, -0.1) is 5.10 Å². The van der Waals surface area contributed by atoms with Crippen molar-refractivity contribution in [1.82, 2.24) is 10.2 Å². The molecular weight excluding hydrogens is 206 g/mol. The molecule has 0 aliphatic heterocycles. The van der Waals surface area contributed by atoms with Crippen molar-refractivity contribution in [3.63, 3.8) is 0 Å². The fraction of sp³-hybridized carbons (Fsp3) is 0.0909. The minimum Gasteiger partial charge on any atom is -0.508 e. The first-order chi connectivity index (χ1) is 7.72. The van der Waals surface area contributed by atoms with E-state index in [4.69, 9.17) is 10.5 Å². The molecule has 0 unspecified atom stereocenters. The van der Waals surface area contributed by atoms with Crippen molar-refractivity contribution in [3.8, 4) is 22.8 Å². The zero-order valence-corrected chi connectivity index (χ0v) is 8.71. The normalized spacial score (nSPS) is 10.1. The van der Waals surface area contributed by atoms with E-state index in [1.807, 2.05) is 0 Å². The summed E-state index contributed by atoms with van der Waals surface area (Å²) < 4.78 is 4.98. The van der Waals surface area contributed by atoms with E-state index < -0.39 is 0 Å². The number of ether oxygens (including phenoxy) is 1. The Balaban J connectivity index is 2.51. The third-order valence-electron chi connectivity index (χ3n) is 2.23. The number of nitrogens with zero attached hydrogens (tertiary/aromatic N) is 2. The predicted molar refractivity (Wildman–Crippen MR) is 60.1 cm³/mol. The molecule has 0 atom stereocenters. The Hall–Kier alpha value is -2.30. The van der Waals surface area contributed by atoms with Gasteiger partial charge < -0.3 is 15.6 Å². The largest absolute Gasteiger partial charge is 0.508 e. The van der Waals surface area contributed by atoms with Crippen LogP contribution >= 0.6 is 0 Å². The van der Waals surface area contributed by atoms with Crippen molar-refractivity contribution in [2.45, 2.75) is 0 Å². The molecule has 0 aliphatic rings. The molecule has 0 spiro atoms. The highest BCUT2D eigenvalue weighted by Crippen LogP contribution is 2.30. The Morgan fingerprint density at radius 3 is 2.56 bits per heavy atom. The van der Waals surface area contributed by atoms with Crippen LogP contribution in [0.15, 0.2) is 30.5 Å².